The number of methoxy groups -OCH3 is 1. The molecule has 0 aliphatic rings. The van der Waals surface area contributed by atoms with Gasteiger partial charge < -0.3 is 19.8 Å². The fourth-order valence-corrected chi connectivity index (χ4v) is 1.58. The zero-order valence-corrected chi connectivity index (χ0v) is 12.8. The van der Waals surface area contributed by atoms with E-state index in [0.29, 0.717) is 0 Å². The Kier molecular flexibility index (Phi) is 5.50. The normalized spacial score (nSPS) is 12.4. The number of nitrogens with one attached hydrogen (secondary N) is 2. The molecular formula is C13H19N3O6. The van der Waals surface area contributed by atoms with Crippen LogP contribution in [-0.4, -0.2) is 40.4 Å². The van der Waals surface area contributed by atoms with Crippen molar-refractivity contribution in [3.8, 4) is 0 Å². The van der Waals surface area contributed by atoms with Crippen LogP contribution in [-0.2, 0) is 20.8 Å². The summed E-state index contributed by atoms with van der Waals surface area (Å²) in [6, 6.07) is -0.107. The van der Waals surface area contributed by atoms with E-state index in [4.69, 9.17) is 4.74 Å². The Morgan fingerprint density at radius 1 is 1.36 bits per heavy atom. The van der Waals surface area contributed by atoms with Crippen LogP contribution in [0.2, 0.25) is 0 Å². The largest absolute Gasteiger partial charge is 0.467 e. The molecule has 1 aromatic heterocycles. The Labute approximate surface area is 126 Å². The van der Waals surface area contributed by atoms with Gasteiger partial charge in [-0.2, -0.15) is 0 Å². The molecule has 0 aliphatic carbocycles. The summed E-state index contributed by atoms with van der Waals surface area (Å²) < 4.78 is 10.4. The second-order valence-electron chi connectivity index (χ2n) is 5.45. The maximum atomic E-state index is 11.7. The number of ether oxygens (including phenoxy) is 2. The first kappa shape index (κ1) is 17.5. The van der Waals surface area contributed by atoms with Gasteiger partial charge in [0.05, 0.1) is 13.7 Å². The molecule has 22 heavy (non-hydrogen) atoms. The molecule has 1 amide bonds. The second-order valence-corrected chi connectivity index (χ2v) is 5.45. The van der Waals surface area contributed by atoms with Gasteiger partial charge in [-0.1, -0.05) is 0 Å². The predicted octanol–water partition coefficient (Wildman–Crippen LogP) is -0.397. The van der Waals surface area contributed by atoms with Crippen LogP contribution in [0.3, 0.4) is 0 Å². The van der Waals surface area contributed by atoms with E-state index in [1.165, 1.54) is 6.20 Å². The first-order valence-corrected chi connectivity index (χ1v) is 6.50. The zero-order valence-electron chi connectivity index (χ0n) is 12.8. The molecule has 0 radical (unpaired) electrons. The highest BCUT2D eigenvalue weighted by Gasteiger charge is 2.26. The van der Waals surface area contributed by atoms with Crippen LogP contribution in [0.25, 0.3) is 0 Å². The third-order valence-corrected chi connectivity index (χ3v) is 2.49. The molecule has 1 rings (SSSR count). The third-order valence-electron chi connectivity index (χ3n) is 2.49. The SMILES string of the molecule is COC(=O)C(Cn1c(=O)cc[nH]c1=O)NC(=O)OC(C)(C)C. The molecule has 0 aromatic carbocycles. The van der Waals surface area contributed by atoms with Crippen molar-refractivity contribution in [2.45, 2.75) is 39.0 Å². The lowest BCUT2D eigenvalue weighted by Gasteiger charge is -2.22. The average Bonchev–Trinajstić information content (AvgIpc) is 2.38. The van der Waals surface area contributed by atoms with Gasteiger partial charge in [0.15, 0.2) is 0 Å². The summed E-state index contributed by atoms with van der Waals surface area (Å²) in [5.74, 6) is -0.805. The second kappa shape index (κ2) is 6.92. The first-order valence-electron chi connectivity index (χ1n) is 6.50. The van der Waals surface area contributed by atoms with Crippen molar-refractivity contribution < 1.29 is 19.1 Å². The lowest BCUT2D eigenvalue weighted by atomic mass is 10.2. The van der Waals surface area contributed by atoms with Crippen LogP contribution in [0.4, 0.5) is 4.79 Å². The van der Waals surface area contributed by atoms with Gasteiger partial charge in [0.2, 0.25) is 0 Å². The number of hydrogen-bond acceptors (Lipinski definition) is 6. The number of rotatable bonds is 4. The van der Waals surface area contributed by atoms with Crippen molar-refractivity contribution in [3.63, 3.8) is 0 Å². The van der Waals surface area contributed by atoms with Gasteiger partial charge in [-0.15, -0.1) is 0 Å². The maximum Gasteiger partial charge on any atom is 0.408 e. The minimum absolute atomic E-state index is 0.374. The summed E-state index contributed by atoms with van der Waals surface area (Å²) in [5, 5.41) is 2.28. The van der Waals surface area contributed by atoms with Crippen LogP contribution >= 0.6 is 0 Å². The minimum Gasteiger partial charge on any atom is -0.467 e. The smallest absolute Gasteiger partial charge is 0.408 e. The molecule has 122 valence electrons. The quantitative estimate of drug-likeness (QED) is 0.730. The van der Waals surface area contributed by atoms with E-state index in [1.54, 1.807) is 20.8 Å². The van der Waals surface area contributed by atoms with E-state index in [1.807, 2.05) is 0 Å². The fraction of sp³-hybridized carbons (Fsp3) is 0.538. The molecule has 0 saturated carbocycles. The predicted molar refractivity (Wildman–Crippen MR) is 76.5 cm³/mol. The molecule has 0 spiro atoms. The molecule has 1 heterocycles. The highest BCUT2D eigenvalue weighted by Crippen LogP contribution is 2.07. The van der Waals surface area contributed by atoms with E-state index in [0.717, 1.165) is 17.7 Å². The van der Waals surface area contributed by atoms with Crippen LogP contribution in [0.15, 0.2) is 21.9 Å². The summed E-state index contributed by atoms with van der Waals surface area (Å²) in [4.78, 5) is 49.0. The van der Waals surface area contributed by atoms with E-state index >= 15 is 0 Å². The summed E-state index contributed by atoms with van der Waals surface area (Å²) in [6.07, 6.45) is 0.332. The van der Waals surface area contributed by atoms with Crippen LogP contribution in [0.1, 0.15) is 20.8 Å². The Bertz CT molecular complexity index is 626. The Balaban J connectivity index is 2.95. The van der Waals surface area contributed by atoms with Gasteiger partial charge in [-0.25, -0.2) is 14.4 Å². The van der Waals surface area contributed by atoms with Crippen LogP contribution < -0.4 is 16.6 Å². The highest BCUT2D eigenvalue weighted by molar-refractivity contribution is 5.81. The number of carbonyl (C=O) groups is 2. The van der Waals surface area contributed by atoms with Crippen LogP contribution in [0.5, 0.6) is 0 Å². The third kappa shape index (κ3) is 5.08. The number of aromatic nitrogens is 2. The van der Waals surface area contributed by atoms with Crippen molar-refractivity contribution in [2.75, 3.05) is 7.11 Å². The molecule has 9 nitrogen and oxygen atoms in total. The summed E-state index contributed by atoms with van der Waals surface area (Å²) in [6.45, 7) is 4.60. The van der Waals surface area contributed by atoms with Crippen molar-refractivity contribution in [2.24, 2.45) is 0 Å². The van der Waals surface area contributed by atoms with E-state index in [2.05, 4.69) is 15.0 Å². The number of esters is 1. The van der Waals surface area contributed by atoms with Gasteiger partial charge in [-0.3, -0.25) is 9.36 Å². The van der Waals surface area contributed by atoms with E-state index < -0.39 is 35.0 Å². The molecule has 0 bridgehead atoms. The van der Waals surface area contributed by atoms with E-state index in [9.17, 15) is 19.2 Å². The monoisotopic (exact) mass is 313 g/mol. The topological polar surface area (TPSA) is 119 Å². The first-order chi connectivity index (χ1) is 10.1. The minimum atomic E-state index is -1.24. The standard InChI is InChI=1S/C13H19N3O6/c1-13(2,3)22-12(20)15-8(10(18)21-4)7-16-9(17)5-6-14-11(16)19/h5-6,8H,7H2,1-4H3,(H,14,19)(H,15,20). The Morgan fingerprint density at radius 3 is 2.50 bits per heavy atom. The van der Waals surface area contributed by atoms with Crippen LogP contribution in [0, 0.1) is 0 Å². The van der Waals surface area contributed by atoms with Crippen molar-refractivity contribution in [1.82, 2.24) is 14.9 Å². The molecule has 0 aliphatic heterocycles. The molecule has 1 aromatic rings. The summed E-state index contributed by atoms with van der Waals surface area (Å²) in [7, 11) is 1.13. The number of nitrogens with zero attached hydrogens (tertiary/aromatic N) is 1. The molecule has 9 heteroatoms. The maximum absolute atomic E-state index is 11.7. The number of carbonyl (C=O) groups excluding carboxylic acids is 2. The molecular weight excluding hydrogens is 294 g/mol. The average molecular weight is 313 g/mol. The van der Waals surface area contributed by atoms with Gasteiger partial charge in [0, 0.05) is 12.3 Å². The van der Waals surface area contributed by atoms with Gasteiger partial charge in [-0.05, 0) is 20.8 Å². The van der Waals surface area contributed by atoms with Crippen molar-refractivity contribution >= 4 is 12.1 Å². The summed E-state index contributed by atoms with van der Waals surface area (Å²) in [5.41, 5.74) is -2.07. The molecule has 2 N–H and O–H groups in total. The van der Waals surface area contributed by atoms with Gasteiger partial charge in [0.1, 0.15) is 11.6 Å². The molecule has 1 unspecified atom stereocenters. The number of amides is 1. The molecule has 0 fully saturated rings. The number of alkyl carbamates (subject to hydrolysis) is 1. The fourth-order valence-electron chi connectivity index (χ4n) is 1.58. The lowest BCUT2D eigenvalue weighted by molar-refractivity contribution is -0.143. The van der Waals surface area contributed by atoms with E-state index in [-0.39, 0.29) is 6.54 Å². The number of H-pyrrole nitrogens is 1. The Hall–Kier alpha value is -2.58. The van der Waals surface area contributed by atoms with Crippen molar-refractivity contribution in [1.29, 1.82) is 0 Å². The molecule has 1 atom stereocenters. The highest BCUT2D eigenvalue weighted by atomic mass is 16.6. The van der Waals surface area contributed by atoms with Gasteiger partial charge in [0.25, 0.3) is 5.56 Å². The van der Waals surface area contributed by atoms with Gasteiger partial charge >= 0.3 is 17.8 Å². The summed E-state index contributed by atoms with van der Waals surface area (Å²) >= 11 is 0. The van der Waals surface area contributed by atoms with Crippen molar-refractivity contribution in [3.05, 3.63) is 33.1 Å². The zero-order chi connectivity index (χ0) is 16.9. The Morgan fingerprint density at radius 2 is 2.00 bits per heavy atom. The number of aromatic amines is 1. The number of hydrogen-bond donors (Lipinski definition) is 2. The molecule has 0 saturated heterocycles. The lowest BCUT2D eigenvalue weighted by Crippen LogP contribution is -2.49.